The van der Waals surface area contributed by atoms with Gasteiger partial charge in [0.1, 0.15) is 0 Å². The first-order valence-electron chi connectivity index (χ1n) is 9.78. The van der Waals surface area contributed by atoms with Crippen molar-refractivity contribution in [1.29, 1.82) is 0 Å². The molecule has 146 valence electrons. The Hall–Kier alpha value is -2.54. The summed E-state index contributed by atoms with van der Waals surface area (Å²) < 4.78 is 7.48. The van der Waals surface area contributed by atoms with Crippen LogP contribution in [0.4, 0.5) is 0 Å². The Balaban J connectivity index is 1.54. The van der Waals surface area contributed by atoms with E-state index in [4.69, 9.17) is 4.42 Å². The quantitative estimate of drug-likeness (QED) is 0.598. The normalized spacial score (nSPS) is 15.2. The smallest absolute Gasteiger partial charge is 0.233 e. The molecule has 0 spiro atoms. The molecule has 0 radical (unpaired) electrons. The molecule has 0 saturated carbocycles. The van der Waals surface area contributed by atoms with Crippen molar-refractivity contribution in [3.8, 4) is 17.3 Å². The van der Waals surface area contributed by atoms with Crippen LogP contribution >= 0.6 is 11.8 Å². The lowest BCUT2D eigenvalue weighted by Crippen LogP contribution is -2.35. The molecular weight excluding hydrogens is 372 g/mol. The van der Waals surface area contributed by atoms with Gasteiger partial charge in [0, 0.05) is 18.8 Å². The number of carbonyl (C=O) groups excluding carboxylic acids is 1. The molecule has 2 aromatic heterocycles. The zero-order chi connectivity index (χ0) is 19.2. The molecule has 1 aliphatic rings. The topological polar surface area (TPSA) is 64.2 Å². The average Bonchev–Trinajstić information content (AvgIpc) is 3.36. The van der Waals surface area contributed by atoms with Gasteiger partial charge in [-0.25, -0.2) is 0 Å². The second kappa shape index (κ2) is 9.10. The average molecular weight is 397 g/mol. The molecule has 6 nitrogen and oxygen atoms in total. The van der Waals surface area contributed by atoms with Gasteiger partial charge in [0.05, 0.1) is 12.0 Å². The fourth-order valence-electron chi connectivity index (χ4n) is 3.45. The monoisotopic (exact) mass is 396 g/mol. The van der Waals surface area contributed by atoms with Crippen LogP contribution in [-0.2, 0) is 4.79 Å². The van der Waals surface area contributed by atoms with Crippen LogP contribution in [0.2, 0.25) is 0 Å². The lowest BCUT2D eigenvalue weighted by molar-refractivity contribution is -0.128. The number of aromatic nitrogens is 3. The Morgan fingerprint density at radius 1 is 0.964 bits per heavy atom. The molecule has 0 N–H and O–H groups in total. The second-order valence-electron chi connectivity index (χ2n) is 6.89. The fraction of sp³-hybridized carbons (Fsp3) is 0.381. The first-order valence-corrected chi connectivity index (χ1v) is 10.8. The predicted molar refractivity (Wildman–Crippen MR) is 109 cm³/mol. The minimum absolute atomic E-state index is 0.175. The van der Waals surface area contributed by atoms with Gasteiger partial charge in [0.2, 0.25) is 11.7 Å². The van der Waals surface area contributed by atoms with E-state index in [1.807, 2.05) is 51.9 Å². The van der Waals surface area contributed by atoms with Crippen LogP contribution in [0.1, 0.15) is 32.1 Å². The van der Waals surface area contributed by atoms with Gasteiger partial charge in [-0.3, -0.25) is 9.36 Å². The zero-order valence-corrected chi connectivity index (χ0v) is 16.6. The minimum Gasteiger partial charge on any atom is -0.461 e. The Kier molecular flexibility index (Phi) is 6.11. The second-order valence-corrected chi connectivity index (χ2v) is 7.83. The first kappa shape index (κ1) is 18.8. The van der Waals surface area contributed by atoms with Crippen LogP contribution < -0.4 is 0 Å². The van der Waals surface area contributed by atoms with E-state index < -0.39 is 0 Å². The molecule has 3 aromatic rings. The van der Waals surface area contributed by atoms with Crippen LogP contribution in [0.15, 0.2) is 58.3 Å². The number of rotatable bonds is 5. The summed E-state index contributed by atoms with van der Waals surface area (Å²) in [6, 6.07) is 13.6. The summed E-state index contributed by atoms with van der Waals surface area (Å²) in [5, 5.41) is 9.36. The SMILES string of the molecule is O=C(CSc1nnc(-c2ccco2)n1-c1ccccc1)N1CCCCCCC1. The molecule has 1 aliphatic heterocycles. The van der Waals surface area contributed by atoms with E-state index >= 15 is 0 Å². The van der Waals surface area contributed by atoms with Gasteiger partial charge < -0.3 is 9.32 Å². The molecular formula is C21H24N4O2S. The van der Waals surface area contributed by atoms with Crippen LogP contribution in [0.3, 0.4) is 0 Å². The Morgan fingerprint density at radius 2 is 1.71 bits per heavy atom. The van der Waals surface area contributed by atoms with Gasteiger partial charge in [-0.15, -0.1) is 10.2 Å². The van der Waals surface area contributed by atoms with E-state index in [-0.39, 0.29) is 5.91 Å². The molecule has 0 bridgehead atoms. The number of para-hydroxylation sites is 1. The summed E-state index contributed by atoms with van der Waals surface area (Å²) in [6.45, 7) is 1.73. The summed E-state index contributed by atoms with van der Waals surface area (Å²) in [6.07, 6.45) is 7.53. The van der Waals surface area contributed by atoms with Gasteiger partial charge in [0.25, 0.3) is 0 Å². The van der Waals surface area contributed by atoms with Crippen LogP contribution in [-0.4, -0.2) is 44.4 Å². The number of likely N-dealkylation sites (tertiary alicyclic amines) is 1. The number of benzene rings is 1. The van der Waals surface area contributed by atoms with E-state index in [1.165, 1.54) is 31.0 Å². The lowest BCUT2D eigenvalue weighted by atomic mass is 10.1. The third-order valence-corrected chi connectivity index (χ3v) is 5.84. The molecule has 0 atom stereocenters. The molecule has 0 aliphatic carbocycles. The molecule has 0 unspecified atom stereocenters. The number of nitrogens with zero attached hydrogens (tertiary/aromatic N) is 4. The van der Waals surface area contributed by atoms with E-state index in [1.54, 1.807) is 6.26 Å². The zero-order valence-electron chi connectivity index (χ0n) is 15.8. The van der Waals surface area contributed by atoms with Crippen molar-refractivity contribution in [3.05, 3.63) is 48.7 Å². The molecule has 3 heterocycles. The van der Waals surface area contributed by atoms with E-state index in [0.717, 1.165) is 31.6 Å². The highest BCUT2D eigenvalue weighted by Crippen LogP contribution is 2.28. The molecule has 1 saturated heterocycles. The van der Waals surface area contributed by atoms with Crippen molar-refractivity contribution in [2.24, 2.45) is 0 Å². The number of hydrogen-bond acceptors (Lipinski definition) is 5. The van der Waals surface area contributed by atoms with Crippen molar-refractivity contribution in [2.45, 2.75) is 37.3 Å². The van der Waals surface area contributed by atoms with Gasteiger partial charge in [-0.2, -0.15) is 0 Å². The lowest BCUT2D eigenvalue weighted by Gasteiger charge is -2.24. The number of furan rings is 1. The van der Waals surface area contributed by atoms with Crippen molar-refractivity contribution >= 4 is 17.7 Å². The highest BCUT2D eigenvalue weighted by atomic mass is 32.2. The molecule has 4 rings (SSSR count). The summed E-state index contributed by atoms with van der Waals surface area (Å²) in [5.74, 6) is 1.83. The number of hydrogen-bond donors (Lipinski definition) is 0. The predicted octanol–water partition coefficient (Wildman–Crippen LogP) is 4.41. The van der Waals surface area contributed by atoms with Gasteiger partial charge >= 0.3 is 0 Å². The number of thioether (sulfide) groups is 1. The van der Waals surface area contributed by atoms with Gasteiger partial charge in [-0.1, -0.05) is 49.2 Å². The third kappa shape index (κ3) is 4.30. The maximum Gasteiger partial charge on any atom is 0.233 e. The standard InChI is InChI=1S/C21H24N4O2S/c26-19(24-13-7-2-1-3-8-14-24)16-28-21-23-22-20(18-12-9-15-27-18)25(21)17-10-5-4-6-11-17/h4-6,9-12,15H,1-3,7-8,13-14,16H2. The summed E-state index contributed by atoms with van der Waals surface area (Å²) >= 11 is 1.43. The molecule has 7 heteroatoms. The molecule has 1 aromatic carbocycles. The molecule has 1 amide bonds. The minimum atomic E-state index is 0.175. The van der Waals surface area contributed by atoms with E-state index in [0.29, 0.717) is 22.5 Å². The Morgan fingerprint density at radius 3 is 2.43 bits per heavy atom. The fourth-order valence-corrected chi connectivity index (χ4v) is 4.31. The highest BCUT2D eigenvalue weighted by molar-refractivity contribution is 7.99. The summed E-state index contributed by atoms with van der Waals surface area (Å²) in [5.41, 5.74) is 0.945. The molecule has 1 fully saturated rings. The van der Waals surface area contributed by atoms with E-state index in [9.17, 15) is 4.79 Å². The maximum atomic E-state index is 12.7. The summed E-state index contributed by atoms with van der Waals surface area (Å²) in [4.78, 5) is 14.8. The maximum absolute atomic E-state index is 12.7. The third-order valence-electron chi connectivity index (χ3n) is 4.92. The van der Waals surface area contributed by atoms with E-state index in [2.05, 4.69) is 10.2 Å². The number of carbonyl (C=O) groups is 1. The van der Waals surface area contributed by atoms with Gasteiger partial charge in [-0.05, 0) is 37.1 Å². The van der Waals surface area contributed by atoms with Crippen molar-refractivity contribution in [2.75, 3.05) is 18.8 Å². The van der Waals surface area contributed by atoms with Crippen molar-refractivity contribution in [3.63, 3.8) is 0 Å². The van der Waals surface area contributed by atoms with Crippen LogP contribution in [0.25, 0.3) is 17.3 Å². The van der Waals surface area contributed by atoms with Crippen molar-refractivity contribution < 1.29 is 9.21 Å². The molecule has 28 heavy (non-hydrogen) atoms. The number of amides is 1. The van der Waals surface area contributed by atoms with Gasteiger partial charge in [0.15, 0.2) is 10.9 Å². The van der Waals surface area contributed by atoms with Crippen LogP contribution in [0.5, 0.6) is 0 Å². The highest BCUT2D eigenvalue weighted by Gasteiger charge is 2.20. The Labute approximate surface area is 168 Å². The first-order chi connectivity index (χ1) is 13.8. The summed E-state index contributed by atoms with van der Waals surface area (Å²) in [7, 11) is 0. The van der Waals surface area contributed by atoms with Crippen LogP contribution in [0, 0.1) is 0 Å². The van der Waals surface area contributed by atoms with Crippen molar-refractivity contribution in [1.82, 2.24) is 19.7 Å². The largest absolute Gasteiger partial charge is 0.461 e. The Bertz CT molecular complexity index is 885.